The van der Waals surface area contributed by atoms with E-state index >= 15 is 0 Å². The number of benzene rings is 4. The summed E-state index contributed by atoms with van der Waals surface area (Å²) in [5.41, 5.74) is 2.93. The van der Waals surface area contributed by atoms with Crippen LogP contribution < -0.4 is 10.3 Å². The molecule has 0 amide bonds. The smallest absolute Gasteiger partial charge is 0.282 e. The number of rotatable bonds is 7. The third kappa shape index (κ3) is 5.37. The molecule has 0 saturated heterocycles. The molecule has 0 N–H and O–H groups in total. The number of ether oxygens (including phenoxy) is 1. The van der Waals surface area contributed by atoms with Gasteiger partial charge in [0.2, 0.25) is 5.82 Å². The van der Waals surface area contributed by atoms with Crippen molar-refractivity contribution in [2.75, 3.05) is 0 Å². The number of hydrogen-bond donors (Lipinski definition) is 0. The first kappa shape index (κ1) is 26.1. The van der Waals surface area contributed by atoms with E-state index in [0.717, 1.165) is 25.7 Å². The first-order valence-electron chi connectivity index (χ1n) is 12.6. The van der Waals surface area contributed by atoms with Gasteiger partial charge in [-0.2, -0.15) is 9.78 Å². The Morgan fingerprint density at radius 1 is 1.05 bits per heavy atom. The molecule has 6 rings (SSSR count). The number of nitro benzene ring substituents is 1. The Morgan fingerprint density at radius 3 is 2.66 bits per heavy atom. The minimum atomic E-state index is -0.497. The fourth-order valence-corrected chi connectivity index (χ4v) is 4.74. The van der Waals surface area contributed by atoms with E-state index in [9.17, 15) is 14.9 Å². The lowest BCUT2D eigenvalue weighted by Crippen LogP contribution is -2.20. The van der Waals surface area contributed by atoms with Crippen molar-refractivity contribution in [3.8, 4) is 17.3 Å². The van der Waals surface area contributed by atoms with Gasteiger partial charge in [0, 0.05) is 27.6 Å². The van der Waals surface area contributed by atoms with Gasteiger partial charge in [0.15, 0.2) is 5.76 Å². The van der Waals surface area contributed by atoms with Crippen LogP contribution in [0.2, 0.25) is 0 Å². The standard InChI is InChI=1S/C31H21BrN4O5/c1-19-6-8-20(9-7-19)18-40-27-13-11-24(36(38)39)15-22(27)17-33-35-30(34-26-5-3-2-4-25(26)31(35)37)29-16-21-14-23(32)10-12-28(21)41-29/h2-17H,18H2,1H3. The number of halogens is 1. The average Bonchev–Trinajstić information content (AvgIpc) is 3.39. The summed E-state index contributed by atoms with van der Waals surface area (Å²) < 4.78 is 14.1. The summed E-state index contributed by atoms with van der Waals surface area (Å²) in [6.45, 7) is 2.24. The summed E-state index contributed by atoms with van der Waals surface area (Å²) in [5.74, 6) is 0.898. The molecule has 0 spiro atoms. The summed E-state index contributed by atoms with van der Waals surface area (Å²) in [4.78, 5) is 29.4. The van der Waals surface area contributed by atoms with Crippen LogP contribution >= 0.6 is 15.9 Å². The molecule has 0 unspecified atom stereocenters. The molecular weight excluding hydrogens is 588 g/mol. The second kappa shape index (κ2) is 10.8. The average molecular weight is 609 g/mol. The van der Waals surface area contributed by atoms with Crippen molar-refractivity contribution in [2.45, 2.75) is 13.5 Å². The highest BCUT2D eigenvalue weighted by molar-refractivity contribution is 9.10. The Hall–Kier alpha value is -5.09. The molecule has 0 aliphatic rings. The highest BCUT2D eigenvalue weighted by Gasteiger charge is 2.17. The number of para-hydroxylation sites is 1. The monoisotopic (exact) mass is 608 g/mol. The molecule has 4 aromatic carbocycles. The minimum Gasteiger partial charge on any atom is -0.488 e. The number of aryl methyl sites for hydroxylation is 1. The van der Waals surface area contributed by atoms with Crippen molar-refractivity contribution in [1.29, 1.82) is 0 Å². The van der Waals surface area contributed by atoms with E-state index in [4.69, 9.17) is 14.1 Å². The van der Waals surface area contributed by atoms with Gasteiger partial charge in [-0.05, 0) is 55.0 Å². The zero-order chi connectivity index (χ0) is 28.5. The van der Waals surface area contributed by atoms with E-state index in [2.05, 4.69) is 21.0 Å². The molecule has 10 heteroatoms. The molecule has 2 aromatic heterocycles. The predicted octanol–water partition coefficient (Wildman–Crippen LogP) is 7.25. The van der Waals surface area contributed by atoms with Crippen LogP contribution in [-0.4, -0.2) is 20.8 Å². The first-order valence-corrected chi connectivity index (χ1v) is 13.4. The number of nitro groups is 1. The zero-order valence-corrected chi connectivity index (χ0v) is 23.2. The molecule has 0 bridgehead atoms. The molecule has 0 radical (unpaired) electrons. The second-order valence-electron chi connectivity index (χ2n) is 9.36. The number of non-ortho nitro benzene ring substituents is 1. The molecule has 0 saturated carbocycles. The van der Waals surface area contributed by atoms with Crippen LogP contribution in [0.4, 0.5) is 5.69 Å². The topological polar surface area (TPSA) is 113 Å². The lowest BCUT2D eigenvalue weighted by molar-refractivity contribution is -0.384. The van der Waals surface area contributed by atoms with E-state index in [-0.39, 0.29) is 18.1 Å². The molecular formula is C31H21BrN4O5. The minimum absolute atomic E-state index is 0.138. The third-order valence-corrected chi connectivity index (χ3v) is 6.98. The van der Waals surface area contributed by atoms with Gasteiger partial charge in [-0.1, -0.05) is 57.9 Å². The number of hydrogen-bond acceptors (Lipinski definition) is 7. The zero-order valence-electron chi connectivity index (χ0n) is 21.7. The maximum Gasteiger partial charge on any atom is 0.282 e. The van der Waals surface area contributed by atoms with Crippen LogP contribution in [0.15, 0.2) is 110 Å². The van der Waals surface area contributed by atoms with Crippen LogP contribution in [0.5, 0.6) is 5.75 Å². The summed E-state index contributed by atoms with van der Waals surface area (Å²) in [5, 5.41) is 17.2. The predicted molar refractivity (Wildman–Crippen MR) is 161 cm³/mol. The number of fused-ring (bicyclic) bond motifs is 2. The van der Waals surface area contributed by atoms with Crippen molar-refractivity contribution in [3.05, 3.63) is 133 Å². The molecule has 6 aromatic rings. The number of aromatic nitrogens is 2. The van der Waals surface area contributed by atoms with Gasteiger partial charge < -0.3 is 9.15 Å². The van der Waals surface area contributed by atoms with Crippen molar-refractivity contribution in [2.24, 2.45) is 5.10 Å². The van der Waals surface area contributed by atoms with Crippen LogP contribution in [-0.2, 0) is 6.61 Å². The normalized spacial score (nSPS) is 11.5. The fourth-order valence-electron chi connectivity index (χ4n) is 4.36. The van der Waals surface area contributed by atoms with Crippen molar-refractivity contribution < 1.29 is 14.1 Å². The highest BCUT2D eigenvalue weighted by atomic mass is 79.9. The van der Waals surface area contributed by atoms with Gasteiger partial charge in [-0.3, -0.25) is 14.9 Å². The van der Waals surface area contributed by atoms with Crippen molar-refractivity contribution in [1.82, 2.24) is 9.66 Å². The summed E-state index contributed by atoms with van der Waals surface area (Å²) in [6.07, 6.45) is 1.36. The van der Waals surface area contributed by atoms with Gasteiger partial charge in [-0.15, -0.1) is 0 Å². The molecule has 41 heavy (non-hydrogen) atoms. The van der Waals surface area contributed by atoms with E-state index < -0.39 is 10.5 Å². The van der Waals surface area contributed by atoms with E-state index in [0.29, 0.717) is 33.6 Å². The van der Waals surface area contributed by atoms with Crippen LogP contribution in [0.25, 0.3) is 33.5 Å². The fraction of sp³-hybridized carbons (Fsp3) is 0.0645. The molecule has 0 fully saturated rings. The summed E-state index contributed by atoms with van der Waals surface area (Å²) >= 11 is 3.46. The summed E-state index contributed by atoms with van der Waals surface area (Å²) in [6, 6.07) is 26.4. The SMILES string of the molecule is Cc1ccc(COc2ccc([N+](=O)[O-])cc2C=Nn2c(-c3cc4cc(Br)ccc4o3)nc3ccccc3c2=O)cc1. The van der Waals surface area contributed by atoms with E-state index in [1.165, 1.54) is 24.4 Å². The molecule has 0 atom stereocenters. The van der Waals surface area contributed by atoms with Crippen LogP contribution in [0.1, 0.15) is 16.7 Å². The first-order chi connectivity index (χ1) is 19.9. The Balaban J connectivity index is 1.46. The second-order valence-corrected chi connectivity index (χ2v) is 10.3. The largest absolute Gasteiger partial charge is 0.488 e. The molecule has 2 heterocycles. The highest BCUT2D eigenvalue weighted by Crippen LogP contribution is 2.30. The molecule has 0 aliphatic carbocycles. The summed E-state index contributed by atoms with van der Waals surface area (Å²) in [7, 11) is 0. The maximum absolute atomic E-state index is 13.6. The van der Waals surface area contributed by atoms with E-state index in [1.807, 2.05) is 49.4 Å². The van der Waals surface area contributed by atoms with Gasteiger partial charge in [0.1, 0.15) is 17.9 Å². The van der Waals surface area contributed by atoms with Gasteiger partial charge in [0.25, 0.3) is 11.2 Å². The number of nitrogens with zero attached hydrogens (tertiary/aromatic N) is 4. The molecule has 9 nitrogen and oxygen atoms in total. The Kier molecular flexibility index (Phi) is 6.90. The maximum atomic E-state index is 13.6. The Labute approximate surface area is 241 Å². The van der Waals surface area contributed by atoms with Crippen LogP contribution in [0.3, 0.4) is 0 Å². The lowest BCUT2D eigenvalue weighted by Gasteiger charge is -2.10. The van der Waals surface area contributed by atoms with Gasteiger partial charge in [0.05, 0.1) is 22.0 Å². The van der Waals surface area contributed by atoms with Crippen molar-refractivity contribution >= 4 is 49.7 Å². The van der Waals surface area contributed by atoms with Gasteiger partial charge in [-0.25, -0.2) is 4.98 Å². The Morgan fingerprint density at radius 2 is 1.85 bits per heavy atom. The van der Waals surface area contributed by atoms with Gasteiger partial charge >= 0.3 is 0 Å². The van der Waals surface area contributed by atoms with Crippen LogP contribution in [0, 0.1) is 17.0 Å². The van der Waals surface area contributed by atoms with Crippen molar-refractivity contribution in [3.63, 3.8) is 0 Å². The number of furan rings is 1. The quantitative estimate of drug-likeness (QED) is 0.107. The third-order valence-electron chi connectivity index (χ3n) is 6.48. The van der Waals surface area contributed by atoms with E-state index in [1.54, 1.807) is 30.3 Å². The lowest BCUT2D eigenvalue weighted by atomic mass is 10.1. The Bertz CT molecular complexity index is 2030. The molecule has 0 aliphatic heterocycles. The molecule has 202 valence electrons.